The molecule has 0 unspecified atom stereocenters. The molecule has 0 aliphatic heterocycles. The SMILES string of the molecule is NC(=O)Cc1cccc(-n2ncc(=O)[nH]c2=O)c1. The summed E-state index contributed by atoms with van der Waals surface area (Å²) in [5.74, 6) is -0.464. The number of carbonyl (C=O) groups excluding carboxylic acids is 1. The molecule has 7 heteroatoms. The van der Waals surface area contributed by atoms with Crippen LogP contribution in [0.4, 0.5) is 0 Å². The van der Waals surface area contributed by atoms with Crippen LogP contribution in [0.5, 0.6) is 0 Å². The molecule has 18 heavy (non-hydrogen) atoms. The van der Waals surface area contributed by atoms with E-state index in [0.717, 1.165) is 10.9 Å². The highest BCUT2D eigenvalue weighted by molar-refractivity contribution is 5.76. The lowest BCUT2D eigenvalue weighted by Gasteiger charge is -2.04. The predicted octanol–water partition coefficient (Wildman–Crippen LogP) is -1.05. The Kier molecular flexibility index (Phi) is 3.05. The molecule has 1 heterocycles. The number of aromatic nitrogens is 3. The molecule has 0 spiro atoms. The first kappa shape index (κ1) is 11.8. The first-order valence-electron chi connectivity index (χ1n) is 5.12. The summed E-state index contributed by atoms with van der Waals surface area (Å²) < 4.78 is 1.03. The standard InChI is InChI=1S/C11H10N4O3/c12-9(16)5-7-2-1-3-8(4-7)15-11(18)14-10(17)6-13-15/h1-4,6H,5H2,(H2,12,16)(H,14,17,18). The van der Waals surface area contributed by atoms with E-state index in [1.54, 1.807) is 24.3 Å². The highest BCUT2D eigenvalue weighted by Crippen LogP contribution is 2.07. The normalized spacial score (nSPS) is 10.2. The number of nitrogens with zero attached hydrogens (tertiary/aromatic N) is 2. The Bertz CT molecular complexity index is 702. The second-order valence-electron chi connectivity index (χ2n) is 3.66. The highest BCUT2D eigenvalue weighted by Gasteiger charge is 2.04. The van der Waals surface area contributed by atoms with E-state index in [2.05, 4.69) is 10.1 Å². The molecule has 1 aromatic heterocycles. The number of carbonyl (C=O) groups is 1. The van der Waals surface area contributed by atoms with Crippen LogP contribution < -0.4 is 17.0 Å². The van der Waals surface area contributed by atoms with Crippen molar-refractivity contribution in [2.75, 3.05) is 0 Å². The Morgan fingerprint density at radius 1 is 1.39 bits per heavy atom. The van der Waals surface area contributed by atoms with Crippen LogP contribution in [-0.4, -0.2) is 20.7 Å². The van der Waals surface area contributed by atoms with Gasteiger partial charge in [0, 0.05) is 0 Å². The van der Waals surface area contributed by atoms with Gasteiger partial charge >= 0.3 is 5.69 Å². The Labute approximate surface area is 101 Å². The Hall–Kier alpha value is -2.70. The van der Waals surface area contributed by atoms with Gasteiger partial charge in [-0.15, -0.1) is 0 Å². The van der Waals surface area contributed by atoms with Gasteiger partial charge in [0.15, 0.2) is 0 Å². The molecule has 1 aromatic carbocycles. The molecular weight excluding hydrogens is 236 g/mol. The smallest absolute Gasteiger partial charge is 0.349 e. The Morgan fingerprint density at radius 2 is 2.17 bits per heavy atom. The summed E-state index contributed by atoms with van der Waals surface area (Å²) in [7, 11) is 0. The van der Waals surface area contributed by atoms with E-state index in [9.17, 15) is 14.4 Å². The minimum atomic E-state index is -0.640. The predicted molar refractivity (Wildman–Crippen MR) is 63.4 cm³/mol. The fourth-order valence-electron chi connectivity index (χ4n) is 1.54. The van der Waals surface area contributed by atoms with E-state index in [4.69, 9.17) is 5.73 Å². The molecule has 0 saturated carbocycles. The van der Waals surface area contributed by atoms with E-state index < -0.39 is 17.2 Å². The summed E-state index contributed by atoms with van der Waals surface area (Å²) in [5.41, 5.74) is 5.01. The summed E-state index contributed by atoms with van der Waals surface area (Å²) in [6, 6.07) is 6.63. The van der Waals surface area contributed by atoms with Crippen LogP contribution >= 0.6 is 0 Å². The second-order valence-corrected chi connectivity index (χ2v) is 3.66. The average Bonchev–Trinajstić information content (AvgIpc) is 2.28. The highest BCUT2D eigenvalue weighted by atomic mass is 16.2. The molecule has 2 aromatic rings. The molecule has 7 nitrogen and oxygen atoms in total. The van der Waals surface area contributed by atoms with Crippen molar-refractivity contribution in [1.29, 1.82) is 0 Å². The van der Waals surface area contributed by atoms with Crippen molar-refractivity contribution >= 4 is 5.91 Å². The minimum Gasteiger partial charge on any atom is -0.369 e. The molecule has 0 aliphatic carbocycles. The number of rotatable bonds is 3. The van der Waals surface area contributed by atoms with Gasteiger partial charge in [-0.3, -0.25) is 14.6 Å². The summed E-state index contributed by atoms with van der Waals surface area (Å²) in [5, 5.41) is 3.71. The number of nitrogens with two attached hydrogens (primary N) is 1. The van der Waals surface area contributed by atoms with Gasteiger partial charge in [-0.1, -0.05) is 12.1 Å². The van der Waals surface area contributed by atoms with Gasteiger partial charge in [0.2, 0.25) is 5.91 Å². The zero-order valence-corrected chi connectivity index (χ0v) is 9.29. The number of hydrogen-bond acceptors (Lipinski definition) is 4. The van der Waals surface area contributed by atoms with Crippen molar-refractivity contribution in [3.05, 3.63) is 56.9 Å². The fraction of sp³-hybridized carbons (Fsp3) is 0.0909. The van der Waals surface area contributed by atoms with Crippen LogP contribution in [-0.2, 0) is 11.2 Å². The molecule has 0 saturated heterocycles. The molecule has 0 radical (unpaired) electrons. The molecule has 0 atom stereocenters. The van der Waals surface area contributed by atoms with Crippen molar-refractivity contribution < 1.29 is 4.79 Å². The molecule has 2 rings (SSSR count). The molecule has 0 aliphatic rings. The van der Waals surface area contributed by atoms with Crippen molar-refractivity contribution in [3.8, 4) is 5.69 Å². The van der Waals surface area contributed by atoms with E-state index in [0.29, 0.717) is 11.3 Å². The van der Waals surface area contributed by atoms with Crippen molar-refractivity contribution in [2.24, 2.45) is 5.73 Å². The van der Waals surface area contributed by atoms with Crippen LogP contribution in [0.1, 0.15) is 5.56 Å². The fourth-order valence-corrected chi connectivity index (χ4v) is 1.54. The number of amides is 1. The summed E-state index contributed by atoms with van der Waals surface area (Å²) in [6.45, 7) is 0. The summed E-state index contributed by atoms with van der Waals surface area (Å²) >= 11 is 0. The quantitative estimate of drug-likeness (QED) is 0.719. The van der Waals surface area contributed by atoms with Crippen LogP contribution in [0.25, 0.3) is 5.69 Å². The second kappa shape index (κ2) is 4.66. The molecule has 92 valence electrons. The van der Waals surface area contributed by atoms with Gasteiger partial charge in [-0.05, 0) is 17.7 Å². The summed E-state index contributed by atoms with van der Waals surface area (Å²) in [6.07, 6.45) is 1.08. The molecule has 0 fully saturated rings. The van der Waals surface area contributed by atoms with E-state index in [1.807, 2.05) is 0 Å². The molecule has 1 amide bonds. The minimum absolute atomic E-state index is 0.0753. The lowest BCUT2D eigenvalue weighted by Crippen LogP contribution is -2.30. The topological polar surface area (TPSA) is 111 Å². The maximum absolute atomic E-state index is 11.5. The first-order chi connectivity index (χ1) is 8.56. The monoisotopic (exact) mass is 246 g/mol. The van der Waals surface area contributed by atoms with Gasteiger partial charge in [-0.25, -0.2) is 4.79 Å². The van der Waals surface area contributed by atoms with Gasteiger partial charge in [-0.2, -0.15) is 9.78 Å². The number of primary amides is 1. The average molecular weight is 246 g/mol. The van der Waals surface area contributed by atoms with Crippen LogP contribution in [0.15, 0.2) is 40.1 Å². The van der Waals surface area contributed by atoms with Crippen LogP contribution in [0.3, 0.4) is 0 Å². The van der Waals surface area contributed by atoms with Crippen LogP contribution in [0, 0.1) is 0 Å². The van der Waals surface area contributed by atoms with Crippen molar-refractivity contribution in [1.82, 2.24) is 14.8 Å². The van der Waals surface area contributed by atoms with E-state index >= 15 is 0 Å². The van der Waals surface area contributed by atoms with Gasteiger partial charge in [0.1, 0.15) is 6.20 Å². The maximum Gasteiger partial charge on any atom is 0.349 e. The van der Waals surface area contributed by atoms with E-state index in [1.165, 1.54) is 0 Å². The van der Waals surface area contributed by atoms with Crippen LogP contribution in [0.2, 0.25) is 0 Å². The van der Waals surface area contributed by atoms with E-state index in [-0.39, 0.29) is 6.42 Å². The zero-order valence-electron chi connectivity index (χ0n) is 9.29. The third kappa shape index (κ3) is 2.51. The Balaban J connectivity index is 2.47. The number of hydrogen-bond donors (Lipinski definition) is 2. The van der Waals surface area contributed by atoms with Gasteiger partial charge < -0.3 is 5.73 Å². The zero-order chi connectivity index (χ0) is 13.1. The summed E-state index contributed by atoms with van der Waals surface area (Å²) in [4.78, 5) is 35.3. The maximum atomic E-state index is 11.5. The third-order valence-electron chi connectivity index (χ3n) is 2.25. The lowest BCUT2D eigenvalue weighted by atomic mass is 10.1. The number of H-pyrrole nitrogens is 1. The molecule has 3 N–H and O–H groups in total. The molecule has 0 bridgehead atoms. The number of aromatic amines is 1. The van der Waals surface area contributed by atoms with Gasteiger partial charge in [0.25, 0.3) is 5.56 Å². The lowest BCUT2D eigenvalue weighted by molar-refractivity contribution is -0.117. The van der Waals surface area contributed by atoms with Crippen molar-refractivity contribution in [3.63, 3.8) is 0 Å². The Morgan fingerprint density at radius 3 is 2.83 bits per heavy atom. The number of nitrogens with one attached hydrogen (secondary N) is 1. The largest absolute Gasteiger partial charge is 0.369 e. The van der Waals surface area contributed by atoms with Gasteiger partial charge in [0.05, 0.1) is 12.1 Å². The third-order valence-corrected chi connectivity index (χ3v) is 2.25. The van der Waals surface area contributed by atoms with Crippen molar-refractivity contribution in [2.45, 2.75) is 6.42 Å². The first-order valence-corrected chi connectivity index (χ1v) is 5.12. The molecular formula is C11H10N4O3. The number of benzene rings is 1.